The van der Waals surface area contributed by atoms with E-state index in [0.29, 0.717) is 10.0 Å². The number of hydrogen-bond acceptors (Lipinski definition) is 7. The quantitative estimate of drug-likeness (QED) is 0.399. The van der Waals surface area contributed by atoms with E-state index in [4.69, 9.17) is 0 Å². The second kappa shape index (κ2) is 7.23. The number of benzene rings is 1. The van der Waals surface area contributed by atoms with Crippen molar-refractivity contribution in [2.75, 3.05) is 5.32 Å². The number of hydrogen-bond donors (Lipinski definition) is 1. The minimum absolute atomic E-state index is 0.167. The summed E-state index contributed by atoms with van der Waals surface area (Å²) in [5.74, 6) is -0.167. The summed E-state index contributed by atoms with van der Waals surface area (Å²) in [6.07, 6.45) is 1.72. The van der Waals surface area contributed by atoms with Crippen molar-refractivity contribution in [2.24, 2.45) is 0 Å². The lowest BCUT2D eigenvalue weighted by atomic mass is 10.3. The Labute approximate surface area is 172 Å². The number of nitrogens with zero attached hydrogens (tertiary/aromatic N) is 3. The molecule has 0 aliphatic rings. The molecular weight excluding hydrogens is 408 g/mol. The first-order valence-electron chi connectivity index (χ1n) is 8.40. The summed E-state index contributed by atoms with van der Waals surface area (Å²) in [5.41, 5.74) is 2.52. The van der Waals surface area contributed by atoms with Crippen LogP contribution in [0.25, 0.3) is 31.5 Å². The lowest BCUT2D eigenvalue weighted by molar-refractivity contribution is 0.103. The molecule has 0 saturated carbocycles. The third-order valence-electron chi connectivity index (χ3n) is 3.99. The fourth-order valence-electron chi connectivity index (χ4n) is 2.67. The number of fused-ring (bicyclic) bond motifs is 1. The van der Waals surface area contributed by atoms with Crippen LogP contribution in [0.5, 0.6) is 0 Å². The number of aromatic nitrogens is 3. The van der Waals surface area contributed by atoms with Gasteiger partial charge in [-0.3, -0.25) is 15.1 Å². The second-order valence-electron chi connectivity index (χ2n) is 5.86. The number of carbonyl (C=O) groups is 1. The summed E-state index contributed by atoms with van der Waals surface area (Å²) in [5, 5.41) is 6.25. The molecule has 0 bridgehead atoms. The molecule has 0 unspecified atom stereocenters. The third kappa shape index (κ3) is 3.33. The smallest absolute Gasteiger partial charge is 0.267 e. The van der Waals surface area contributed by atoms with E-state index in [9.17, 15) is 4.79 Å². The molecule has 0 radical (unpaired) electrons. The van der Waals surface area contributed by atoms with Gasteiger partial charge in [-0.05, 0) is 36.4 Å². The first kappa shape index (κ1) is 17.2. The van der Waals surface area contributed by atoms with E-state index in [-0.39, 0.29) is 5.91 Å². The van der Waals surface area contributed by atoms with Gasteiger partial charge >= 0.3 is 0 Å². The van der Waals surface area contributed by atoms with Crippen molar-refractivity contribution in [3.8, 4) is 21.3 Å². The molecule has 0 spiro atoms. The van der Waals surface area contributed by atoms with Gasteiger partial charge in [-0.25, -0.2) is 9.97 Å². The van der Waals surface area contributed by atoms with Crippen molar-refractivity contribution in [1.29, 1.82) is 0 Å². The van der Waals surface area contributed by atoms with Crippen molar-refractivity contribution in [3.05, 3.63) is 71.1 Å². The molecule has 0 aliphatic carbocycles. The van der Waals surface area contributed by atoms with Gasteiger partial charge in [-0.2, -0.15) is 0 Å². The SMILES string of the molecule is O=C(Nc1nc(-c2ccccn2)cs1)c1ccc(-c2nc3ccccc3s2)s1. The molecule has 8 heteroatoms. The topological polar surface area (TPSA) is 67.8 Å². The highest BCUT2D eigenvalue weighted by Crippen LogP contribution is 2.34. The summed E-state index contributed by atoms with van der Waals surface area (Å²) in [4.78, 5) is 27.6. The van der Waals surface area contributed by atoms with Gasteiger partial charge in [0.05, 0.1) is 25.7 Å². The van der Waals surface area contributed by atoms with Crippen LogP contribution in [0, 0.1) is 0 Å². The van der Waals surface area contributed by atoms with Crippen molar-refractivity contribution in [2.45, 2.75) is 0 Å². The van der Waals surface area contributed by atoms with E-state index in [1.807, 2.05) is 53.9 Å². The number of thiazole rings is 2. The summed E-state index contributed by atoms with van der Waals surface area (Å²) in [6, 6.07) is 17.5. The Bertz CT molecular complexity index is 1240. The van der Waals surface area contributed by atoms with E-state index >= 15 is 0 Å². The van der Waals surface area contributed by atoms with E-state index < -0.39 is 0 Å². The van der Waals surface area contributed by atoms with Gasteiger partial charge in [0.15, 0.2) is 5.13 Å². The Morgan fingerprint density at radius 1 is 0.893 bits per heavy atom. The van der Waals surface area contributed by atoms with Crippen LogP contribution in [0.3, 0.4) is 0 Å². The maximum absolute atomic E-state index is 12.6. The Balaban J connectivity index is 1.34. The van der Waals surface area contributed by atoms with Crippen LogP contribution < -0.4 is 5.32 Å². The van der Waals surface area contributed by atoms with Crippen molar-refractivity contribution >= 4 is 55.3 Å². The third-order valence-corrected chi connectivity index (χ3v) is 7.03. The number of pyridine rings is 1. The molecule has 0 fully saturated rings. The molecule has 28 heavy (non-hydrogen) atoms. The van der Waals surface area contributed by atoms with Gasteiger partial charge < -0.3 is 0 Å². The molecule has 5 nitrogen and oxygen atoms in total. The number of carbonyl (C=O) groups excluding carboxylic acids is 1. The highest BCUT2D eigenvalue weighted by atomic mass is 32.1. The van der Waals surface area contributed by atoms with E-state index in [1.54, 1.807) is 17.5 Å². The zero-order chi connectivity index (χ0) is 18.9. The standard InChI is InChI=1S/C20H12N4OS3/c25-18(24-20-23-14(11-26-20)12-5-3-4-10-21-12)16-8-9-17(27-16)19-22-13-6-1-2-7-15(13)28-19/h1-11H,(H,23,24,25). The molecule has 5 aromatic rings. The van der Waals surface area contributed by atoms with E-state index in [0.717, 1.165) is 31.5 Å². The Morgan fingerprint density at radius 2 is 1.79 bits per heavy atom. The van der Waals surface area contributed by atoms with Gasteiger partial charge in [-0.1, -0.05) is 18.2 Å². The minimum Gasteiger partial charge on any atom is -0.297 e. The maximum atomic E-state index is 12.6. The Morgan fingerprint density at radius 3 is 2.64 bits per heavy atom. The molecule has 0 aliphatic heterocycles. The van der Waals surface area contributed by atoms with Gasteiger partial charge in [0.1, 0.15) is 10.7 Å². The first-order valence-corrected chi connectivity index (χ1v) is 10.9. The average Bonchev–Trinajstić information content (AvgIpc) is 3.47. The molecule has 4 aromatic heterocycles. The number of rotatable bonds is 4. The van der Waals surface area contributed by atoms with Gasteiger partial charge in [0.25, 0.3) is 5.91 Å². The fraction of sp³-hybridized carbons (Fsp3) is 0. The lowest BCUT2D eigenvalue weighted by Crippen LogP contribution is -2.09. The zero-order valence-corrected chi connectivity index (χ0v) is 16.8. The molecular formula is C20H12N4OS3. The number of para-hydroxylation sites is 1. The highest BCUT2D eigenvalue weighted by molar-refractivity contribution is 7.26. The number of nitrogens with one attached hydrogen (secondary N) is 1. The van der Waals surface area contributed by atoms with Crippen LogP contribution in [0.15, 0.2) is 66.2 Å². The Kier molecular flexibility index (Phi) is 4.44. The van der Waals surface area contributed by atoms with E-state index in [2.05, 4.69) is 26.3 Å². The summed E-state index contributed by atoms with van der Waals surface area (Å²) in [7, 11) is 0. The Hall–Kier alpha value is -2.94. The molecule has 1 amide bonds. The van der Waals surface area contributed by atoms with Crippen LogP contribution in [-0.4, -0.2) is 20.9 Å². The predicted molar refractivity (Wildman–Crippen MR) is 116 cm³/mol. The van der Waals surface area contributed by atoms with Gasteiger partial charge in [-0.15, -0.1) is 34.0 Å². The average molecular weight is 421 g/mol. The summed E-state index contributed by atoms with van der Waals surface area (Å²) >= 11 is 4.45. The highest BCUT2D eigenvalue weighted by Gasteiger charge is 2.15. The van der Waals surface area contributed by atoms with Crippen LogP contribution in [0.2, 0.25) is 0 Å². The molecule has 1 N–H and O–H groups in total. The molecule has 5 rings (SSSR count). The van der Waals surface area contributed by atoms with Crippen LogP contribution in [0.1, 0.15) is 9.67 Å². The number of anilines is 1. The van der Waals surface area contributed by atoms with Crippen LogP contribution in [-0.2, 0) is 0 Å². The molecule has 0 saturated heterocycles. The van der Waals surface area contributed by atoms with Gasteiger partial charge in [0.2, 0.25) is 0 Å². The van der Waals surface area contributed by atoms with Crippen LogP contribution >= 0.6 is 34.0 Å². The molecule has 4 heterocycles. The second-order valence-corrected chi connectivity index (χ2v) is 8.83. The van der Waals surface area contributed by atoms with Gasteiger partial charge in [0, 0.05) is 11.6 Å². The van der Waals surface area contributed by atoms with Crippen LogP contribution in [0.4, 0.5) is 5.13 Å². The fourth-order valence-corrected chi connectivity index (χ4v) is 5.30. The monoisotopic (exact) mass is 420 g/mol. The molecule has 136 valence electrons. The van der Waals surface area contributed by atoms with E-state index in [1.165, 1.54) is 22.7 Å². The van der Waals surface area contributed by atoms with Crippen molar-refractivity contribution < 1.29 is 4.79 Å². The lowest BCUT2D eigenvalue weighted by Gasteiger charge is -1.98. The summed E-state index contributed by atoms with van der Waals surface area (Å²) in [6.45, 7) is 0. The first-order chi connectivity index (χ1) is 13.8. The molecule has 1 aromatic carbocycles. The normalized spacial score (nSPS) is 11.0. The maximum Gasteiger partial charge on any atom is 0.267 e. The predicted octanol–water partition coefficient (Wildman–Crippen LogP) is 5.80. The zero-order valence-electron chi connectivity index (χ0n) is 14.3. The minimum atomic E-state index is -0.167. The van der Waals surface area contributed by atoms with Crippen molar-refractivity contribution in [3.63, 3.8) is 0 Å². The largest absolute Gasteiger partial charge is 0.297 e. The number of thiophene rings is 1. The summed E-state index contributed by atoms with van der Waals surface area (Å²) < 4.78 is 1.14. The van der Waals surface area contributed by atoms with Crippen molar-refractivity contribution in [1.82, 2.24) is 15.0 Å². The molecule has 0 atom stereocenters. The number of amides is 1.